The van der Waals surface area contributed by atoms with Crippen molar-refractivity contribution in [1.82, 2.24) is 5.32 Å². The molecule has 1 N–H and O–H groups in total. The molecule has 3 heterocycles. The molecule has 4 atom stereocenters. The van der Waals surface area contributed by atoms with Crippen molar-refractivity contribution in [2.45, 2.75) is 62.8 Å². The summed E-state index contributed by atoms with van der Waals surface area (Å²) in [5, 5.41) is 3.88. The number of nitrogens with one attached hydrogen (secondary N) is 1. The van der Waals surface area contributed by atoms with E-state index in [9.17, 15) is 0 Å². The van der Waals surface area contributed by atoms with Crippen molar-refractivity contribution in [2.24, 2.45) is 0 Å². The predicted molar refractivity (Wildman–Crippen MR) is 75.2 cm³/mol. The second kappa shape index (κ2) is 4.97. The van der Waals surface area contributed by atoms with Gasteiger partial charge in [-0.2, -0.15) is 11.8 Å². The first-order valence-corrected chi connectivity index (χ1v) is 8.38. The Bertz CT molecular complexity index is 306. The Balaban J connectivity index is 1.62. The van der Waals surface area contributed by atoms with Crippen molar-refractivity contribution in [1.29, 1.82) is 0 Å². The van der Waals surface area contributed by atoms with E-state index in [1.54, 1.807) is 0 Å². The van der Waals surface area contributed by atoms with Crippen LogP contribution < -0.4 is 5.32 Å². The molecule has 0 amide bonds. The molecule has 0 aromatic rings. The topological polar surface area (TPSA) is 30.5 Å². The average Bonchev–Trinajstić information content (AvgIpc) is 2.89. The van der Waals surface area contributed by atoms with Gasteiger partial charge in [0.05, 0.1) is 11.7 Å². The zero-order chi connectivity index (χ0) is 12.6. The number of hydrogen-bond donors (Lipinski definition) is 1. The molecule has 0 saturated carbocycles. The first-order valence-electron chi connectivity index (χ1n) is 7.23. The van der Waals surface area contributed by atoms with Gasteiger partial charge < -0.3 is 14.8 Å². The normalized spacial score (nSPS) is 49.0. The highest BCUT2D eigenvalue weighted by Crippen LogP contribution is 2.39. The molecule has 3 aliphatic rings. The second-order valence-electron chi connectivity index (χ2n) is 6.35. The summed E-state index contributed by atoms with van der Waals surface area (Å²) < 4.78 is 11.8. The van der Waals surface area contributed by atoms with E-state index in [2.05, 4.69) is 19.2 Å². The predicted octanol–water partition coefficient (Wildman–Crippen LogP) is 2.20. The van der Waals surface area contributed by atoms with Crippen LogP contribution in [0.25, 0.3) is 0 Å². The van der Waals surface area contributed by atoms with Crippen LogP contribution in [0.15, 0.2) is 0 Å². The maximum Gasteiger partial charge on any atom is 0.0795 e. The molecule has 18 heavy (non-hydrogen) atoms. The Kier molecular flexibility index (Phi) is 3.65. The van der Waals surface area contributed by atoms with Gasteiger partial charge in [-0.05, 0) is 45.3 Å². The first-order chi connectivity index (χ1) is 8.62. The molecule has 3 fully saturated rings. The van der Waals surface area contributed by atoms with E-state index in [-0.39, 0.29) is 11.1 Å². The summed E-state index contributed by atoms with van der Waals surface area (Å²) in [5.74, 6) is 2.46. The lowest BCUT2D eigenvalue weighted by atomic mass is 9.86. The highest BCUT2D eigenvalue weighted by molar-refractivity contribution is 7.99. The fraction of sp³-hybridized carbons (Fsp3) is 1.00. The van der Waals surface area contributed by atoms with E-state index >= 15 is 0 Å². The van der Waals surface area contributed by atoms with Crippen molar-refractivity contribution < 1.29 is 9.47 Å². The number of rotatable bonds is 2. The monoisotopic (exact) mass is 271 g/mol. The highest BCUT2D eigenvalue weighted by Gasteiger charge is 2.44. The third-order valence-electron chi connectivity index (χ3n) is 4.98. The molecule has 0 bridgehead atoms. The molecule has 4 unspecified atom stereocenters. The lowest BCUT2D eigenvalue weighted by molar-refractivity contribution is -0.0749. The SMILES string of the molecule is CC1OCCC1(C)NC1CCOC2(CCSC2)C1. The lowest BCUT2D eigenvalue weighted by Crippen LogP contribution is -2.56. The quantitative estimate of drug-likeness (QED) is 0.834. The molecule has 0 aliphatic carbocycles. The van der Waals surface area contributed by atoms with E-state index in [0.717, 1.165) is 26.1 Å². The zero-order valence-electron chi connectivity index (χ0n) is 11.5. The van der Waals surface area contributed by atoms with Crippen molar-refractivity contribution in [3.8, 4) is 0 Å². The fourth-order valence-electron chi connectivity index (χ4n) is 3.51. The van der Waals surface area contributed by atoms with Crippen LogP contribution in [0.5, 0.6) is 0 Å². The molecule has 0 aromatic carbocycles. The summed E-state index contributed by atoms with van der Waals surface area (Å²) in [4.78, 5) is 0. The molecule has 0 aromatic heterocycles. The molecule has 1 spiro atoms. The van der Waals surface area contributed by atoms with Gasteiger partial charge in [0.2, 0.25) is 0 Å². The molecule has 4 heteroatoms. The van der Waals surface area contributed by atoms with Crippen molar-refractivity contribution in [3.63, 3.8) is 0 Å². The van der Waals surface area contributed by atoms with E-state index < -0.39 is 0 Å². The van der Waals surface area contributed by atoms with Gasteiger partial charge in [-0.1, -0.05) is 0 Å². The first kappa shape index (κ1) is 13.2. The van der Waals surface area contributed by atoms with Gasteiger partial charge in [0.1, 0.15) is 0 Å². The minimum absolute atomic E-state index is 0.162. The van der Waals surface area contributed by atoms with Crippen LogP contribution in [0, 0.1) is 0 Å². The molecule has 3 saturated heterocycles. The van der Waals surface area contributed by atoms with Crippen LogP contribution in [0.1, 0.15) is 39.5 Å². The maximum absolute atomic E-state index is 6.09. The maximum atomic E-state index is 6.09. The zero-order valence-corrected chi connectivity index (χ0v) is 12.4. The molecule has 0 radical (unpaired) electrons. The van der Waals surface area contributed by atoms with Crippen LogP contribution in [-0.4, -0.2) is 48.0 Å². The Morgan fingerprint density at radius 2 is 2.17 bits per heavy atom. The van der Waals surface area contributed by atoms with Crippen molar-refractivity contribution in [2.75, 3.05) is 24.7 Å². The van der Waals surface area contributed by atoms with Gasteiger partial charge in [0.25, 0.3) is 0 Å². The van der Waals surface area contributed by atoms with E-state index in [0.29, 0.717) is 12.1 Å². The Hall–Kier alpha value is 0.230. The largest absolute Gasteiger partial charge is 0.377 e. The number of thioether (sulfide) groups is 1. The smallest absolute Gasteiger partial charge is 0.0795 e. The molecular weight excluding hydrogens is 246 g/mol. The van der Waals surface area contributed by atoms with Gasteiger partial charge >= 0.3 is 0 Å². The molecule has 3 aliphatic heterocycles. The fourth-order valence-corrected chi connectivity index (χ4v) is 4.88. The van der Waals surface area contributed by atoms with Crippen LogP contribution in [-0.2, 0) is 9.47 Å². The summed E-state index contributed by atoms with van der Waals surface area (Å²) in [6, 6.07) is 0.603. The number of hydrogen-bond acceptors (Lipinski definition) is 4. The molecule has 104 valence electrons. The highest BCUT2D eigenvalue weighted by atomic mass is 32.2. The summed E-state index contributed by atoms with van der Waals surface area (Å²) in [5.41, 5.74) is 0.342. The Morgan fingerprint density at radius 1 is 1.28 bits per heavy atom. The van der Waals surface area contributed by atoms with E-state index in [1.807, 2.05) is 11.8 Å². The summed E-state index contributed by atoms with van der Waals surface area (Å²) >= 11 is 2.05. The Labute approximate surface area is 114 Å². The van der Waals surface area contributed by atoms with Crippen LogP contribution in [0.3, 0.4) is 0 Å². The molecular formula is C14H25NO2S. The molecule has 3 rings (SSSR count). The third-order valence-corrected chi connectivity index (χ3v) is 6.20. The lowest BCUT2D eigenvalue weighted by Gasteiger charge is -2.42. The van der Waals surface area contributed by atoms with Crippen LogP contribution in [0.2, 0.25) is 0 Å². The van der Waals surface area contributed by atoms with Crippen molar-refractivity contribution in [3.05, 3.63) is 0 Å². The number of ether oxygens (including phenoxy) is 2. The van der Waals surface area contributed by atoms with E-state index in [4.69, 9.17) is 9.47 Å². The van der Waals surface area contributed by atoms with E-state index in [1.165, 1.54) is 24.3 Å². The van der Waals surface area contributed by atoms with Gasteiger partial charge in [-0.25, -0.2) is 0 Å². The van der Waals surface area contributed by atoms with Gasteiger partial charge in [-0.15, -0.1) is 0 Å². The standard InChI is InChI=1S/C14H25NO2S/c1-11-13(2,4-7-16-11)15-12-3-6-17-14(9-12)5-8-18-10-14/h11-12,15H,3-10H2,1-2H3. The second-order valence-corrected chi connectivity index (χ2v) is 7.45. The molecule has 3 nitrogen and oxygen atoms in total. The third kappa shape index (κ3) is 2.45. The summed E-state index contributed by atoms with van der Waals surface area (Å²) in [6.07, 6.45) is 5.03. The van der Waals surface area contributed by atoms with Crippen LogP contribution in [0.4, 0.5) is 0 Å². The summed E-state index contributed by atoms with van der Waals surface area (Å²) in [7, 11) is 0. The van der Waals surface area contributed by atoms with Gasteiger partial charge in [-0.3, -0.25) is 0 Å². The van der Waals surface area contributed by atoms with Crippen molar-refractivity contribution >= 4 is 11.8 Å². The van der Waals surface area contributed by atoms with Gasteiger partial charge in [0.15, 0.2) is 0 Å². The van der Waals surface area contributed by atoms with Gasteiger partial charge in [0, 0.05) is 30.5 Å². The average molecular weight is 271 g/mol. The van der Waals surface area contributed by atoms with Crippen LogP contribution >= 0.6 is 11.8 Å². The minimum atomic E-state index is 0.162. The minimum Gasteiger partial charge on any atom is -0.377 e. The Morgan fingerprint density at radius 3 is 2.83 bits per heavy atom. The summed E-state index contributed by atoms with van der Waals surface area (Å²) in [6.45, 7) is 6.33.